The lowest BCUT2D eigenvalue weighted by molar-refractivity contribution is 0.591. The van der Waals surface area contributed by atoms with Crippen LogP contribution in [0, 0.1) is 17.1 Å². The molecule has 0 unspecified atom stereocenters. The number of anilines is 1. The summed E-state index contributed by atoms with van der Waals surface area (Å²) in [5.74, 6) is -0.438. The predicted octanol–water partition coefficient (Wildman–Crippen LogP) is 2.31. The largest absolute Gasteiger partial charge is 0.267 e. The van der Waals surface area contributed by atoms with Gasteiger partial charge < -0.3 is 0 Å². The second-order valence-electron chi connectivity index (χ2n) is 4.14. The molecule has 0 saturated carbocycles. The zero-order chi connectivity index (χ0) is 15.5. The molecule has 0 N–H and O–H groups in total. The second-order valence-corrected chi connectivity index (χ2v) is 6.00. The van der Waals surface area contributed by atoms with Crippen LogP contribution >= 0.6 is 0 Å². The molecule has 0 atom stereocenters. The van der Waals surface area contributed by atoms with Gasteiger partial charge in [-0.2, -0.15) is 5.26 Å². The number of aromatic nitrogens is 1. The molecule has 1 aromatic carbocycles. The first-order chi connectivity index (χ1) is 9.98. The fraction of sp³-hybridized carbons (Fsp3) is 0.143. The van der Waals surface area contributed by atoms with E-state index in [4.69, 9.17) is 5.26 Å². The molecule has 0 spiro atoms. The van der Waals surface area contributed by atoms with E-state index in [-0.39, 0.29) is 17.1 Å². The Morgan fingerprint density at radius 3 is 2.38 bits per heavy atom. The molecule has 0 radical (unpaired) electrons. The summed E-state index contributed by atoms with van der Waals surface area (Å²) in [7, 11) is -3.80. The lowest BCUT2D eigenvalue weighted by Gasteiger charge is -2.22. The first kappa shape index (κ1) is 14.9. The SMILES string of the molecule is CCN(c1ccc(F)cc1)S(=O)(=O)c1ccc(C#N)nc1. The summed E-state index contributed by atoms with van der Waals surface area (Å²) in [5.41, 5.74) is 0.502. The van der Waals surface area contributed by atoms with Gasteiger partial charge in [0.1, 0.15) is 22.5 Å². The molecule has 0 bridgehead atoms. The van der Waals surface area contributed by atoms with Gasteiger partial charge in [0.25, 0.3) is 10.0 Å². The molecule has 21 heavy (non-hydrogen) atoms. The van der Waals surface area contributed by atoms with Crippen LogP contribution in [0.4, 0.5) is 10.1 Å². The fourth-order valence-electron chi connectivity index (χ4n) is 1.82. The summed E-state index contributed by atoms with van der Waals surface area (Å²) in [6, 6.07) is 9.68. The smallest absolute Gasteiger partial charge is 0.265 e. The van der Waals surface area contributed by atoms with Crippen molar-refractivity contribution in [1.82, 2.24) is 4.98 Å². The van der Waals surface area contributed by atoms with Gasteiger partial charge in [-0.1, -0.05) is 0 Å². The minimum absolute atomic E-state index is 0.0207. The summed E-state index contributed by atoms with van der Waals surface area (Å²) in [6.45, 7) is 1.87. The lowest BCUT2D eigenvalue weighted by Crippen LogP contribution is -2.30. The molecule has 1 heterocycles. The Kier molecular flexibility index (Phi) is 4.19. The first-order valence-electron chi connectivity index (χ1n) is 6.13. The minimum Gasteiger partial charge on any atom is -0.267 e. The highest BCUT2D eigenvalue weighted by molar-refractivity contribution is 7.92. The quantitative estimate of drug-likeness (QED) is 0.868. The van der Waals surface area contributed by atoms with Crippen LogP contribution in [-0.4, -0.2) is 19.9 Å². The number of hydrogen-bond acceptors (Lipinski definition) is 4. The van der Waals surface area contributed by atoms with Crippen molar-refractivity contribution in [2.75, 3.05) is 10.8 Å². The Morgan fingerprint density at radius 2 is 1.90 bits per heavy atom. The summed E-state index contributed by atoms with van der Waals surface area (Å²) in [4.78, 5) is 3.74. The van der Waals surface area contributed by atoms with Crippen LogP contribution in [0.1, 0.15) is 12.6 Å². The highest BCUT2D eigenvalue weighted by Crippen LogP contribution is 2.23. The summed E-state index contributed by atoms with van der Waals surface area (Å²) < 4.78 is 39.2. The Hall–Kier alpha value is -2.46. The van der Waals surface area contributed by atoms with Crippen molar-refractivity contribution in [1.29, 1.82) is 5.26 Å². The lowest BCUT2D eigenvalue weighted by atomic mass is 10.3. The van der Waals surface area contributed by atoms with Gasteiger partial charge in [-0.3, -0.25) is 4.31 Å². The molecule has 2 aromatic rings. The number of rotatable bonds is 4. The normalized spacial score (nSPS) is 10.9. The van der Waals surface area contributed by atoms with Crippen molar-refractivity contribution in [2.24, 2.45) is 0 Å². The van der Waals surface area contributed by atoms with Crippen LogP contribution in [0.25, 0.3) is 0 Å². The molecule has 0 aliphatic carbocycles. The van der Waals surface area contributed by atoms with Crippen LogP contribution in [0.5, 0.6) is 0 Å². The molecule has 0 aliphatic rings. The Labute approximate surface area is 122 Å². The first-order valence-corrected chi connectivity index (χ1v) is 7.57. The van der Waals surface area contributed by atoms with E-state index >= 15 is 0 Å². The van der Waals surface area contributed by atoms with Crippen molar-refractivity contribution < 1.29 is 12.8 Å². The van der Waals surface area contributed by atoms with E-state index in [9.17, 15) is 12.8 Å². The maximum absolute atomic E-state index is 12.9. The van der Waals surface area contributed by atoms with Crippen molar-refractivity contribution in [2.45, 2.75) is 11.8 Å². The number of nitrogens with zero attached hydrogens (tertiary/aromatic N) is 3. The standard InChI is InChI=1S/C14H12FN3O2S/c1-2-18(13-6-3-11(15)4-7-13)21(19,20)14-8-5-12(9-16)17-10-14/h3-8,10H,2H2,1H3. The third kappa shape index (κ3) is 3.01. The third-order valence-electron chi connectivity index (χ3n) is 2.84. The van der Waals surface area contributed by atoms with Gasteiger partial charge in [-0.15, -0.1) is 0 Å². The number of halogens is 1. The molecule has 1 aromatic heterocycles. The third-order valence-corrected chi connectivity index (χ3v) is 4.73. The van der Waals surface area contributed by atoms with E-state index in [0.717, 1.165) is 10.5 Å². The number of benzene rings is 1. The van der Waals surface area contributed by atoms with Gasteiger partial charge in [-0.05, 0) is 43.3 Å². The highest BCUT2D eigenvalue weighted by atomic mass is 32.2. The molecule has 2 rings (SSSR count). The molecule has 0 saturated heterocycles. The van der Waals surface area contributed by atoms with E-state index in [1.807, 2.05) is 6.07 Å². The summed E-state index contributed by atoms with van der Waals surface area (Å²) in [5, 5.41) is 8.68. The van der Waals surface area contributed by atoms with Gasteiger partial charge in [0, 0.05) is 12.7 Å². The number of nitriles is 1. The molecular formula is C14H12FN3O2S. The van der Waals surface area contributed by atoms with Gasteiger partial charge >= 0.3 is 0 Å². The Bertz CT molecular complexity index is 765. The van der Waals surface area contributed by atoms with Gasteiger partial charge in [-0.25, -0.2) is 17.8 Å². The van der Waals surface area contributed by atoms with E-state index in [1.54, 1.807) is 6.92 Å². The Morgan fingerprint density at radius 1 is 1.24 bits per heavy atom. The van der Waals surface area contributed by atoms with E-state index < -0.39 is 15.8 Å². The highest BCUT2D eigenvalue weighted by Gasteiger charge is 2.23. The van der Waals surface area contributed by atoms with Crippen LogP contribution in [0.2, 0.25) is 0 Å². The maximum atomic E-state index is 12.9. The summed E-state index contributed by atoms with van der Waals surface area (Å²) >= 11 is 0. The topological polar surface area (TPSA) is 74.1 Å². The zero-order valence-corrected chi connectivity index (χ0v) is 12.0. The Balaban J connectivity index is 2.44. The van der Waals surface area contributed by atoms with Crippen molar-refractivity contribution in [3.05, 3.63) is 54.1 Å². The number of pyridine rings is 1. The molecule has 0 amide bonds. The predicted molar refractivity (Wildman–Crippen MR) is 75.6 cm³/mol. The van der Waals surface area contributed by atoms with Gasteiger partial charge in [0.2, 0.25) is 0 Å². The molecule has 108 valence electrons. The molecule has 5 nitrogen and oxygen atoms in total. The van der Waals surface area contributed by atoms with Crippen LogP contribution in [0.15, 0.2) is 47.5 Å². The van der Waals surface area contributed by atoms with Crippen LogP contribution < -0.4 is 4.31 Å². The maximum Gasteiger partial charge on any atom is 0.265 e. The minimum atomic E-state index is -3.80. The van der Waals surface area contributed by atoms with Crippen LogP contribution in [-0.2, 0) is 10.0 Å². The molecular weight excluding hydrogens is 293 g/mol. The van der Waals surface area contributed by atoms with Crippen molar-refractivity contribution in [3.8, 4) is 6.07 Å². The van der Waals surface area contributed by atoms with Gasteiger partial charge in [0.15, 0.2) is 0 Å². The monoisotopic (exact) mass is 305 g/mol. The number of sulfonamides is 1. The average molecular weight is 305 g/mol. The molecule has 7 heteroatoms. The second kappa shape index (κ2) is 5.89. The van der Waals surface area contributed by atoms with Crippen molar-refractivity contribution in [3.63, 3.8) is 0 Å². The van der Waals surface area contributed by atoms with Gasteiger partial charge in [0.05, 0.1) is 5.69 Å². The molecule has 0 fully saturated rings. The van der Waals surface area contributed by atoms with Crippen molar-refractivity contribution >= 4 is 15.7 Å². The molecule has 0 aliphatic heterocycles. The van der Waals surface area contributed by atoms with E-state index in [0.29, 0.717) is 5.69 Å². The number of hydrogen-bond donors (Lipinski definition) is 0. The van der Waals surface area contributed by atoms with E-state index in [1.165, 1.54) is 36.4 Å². The van der Waals surface area contributed by atoms with E-state index in [2.05, 4.69) is 4.98 Å². The fourth-order valence-corrected chi connectivity index (χ4v) is 3.24. The van der Waals surface area contributed by atoms with Crippen LogP contribution in [0.3, 0.4) is 0 Å². The average Bonchev–Trinajstić information content (AvgIpc) is 2.50. The zero-order valence-electron chi connectivity index (χ0n) is 11.2. The summed E-state index contributed by atoms with van der Waals surface area (Å²) in [6.07, 6.45) is 1.14.